The van der Waals surface area contributed by atoms with Gasteiger partial charge in [0.15, 0.2) is 0 Å². The molecule has 1 aromatic carbocycles. The number of benzene rings is 1. The van der Waals surface area contributed by atoms with E-state index in [1.165, 1.54) is 4.90 Å². The predicted octanol–water partition coefficient (Wildman–Crippen LogP) is 3.06. The van der Waals surface area contributed by atoms with Gasteiger partial charge in [-0.05, 0) is 25.0 Å². The summed E-state index contributed by atoms with van der Waals surface area (Å²) >= 11 is 0. The second-order valence-corrected chi connectivity index (χ2v) is 6.05. The molecule has 1 aromatic heterocycles. The van der Waals surface area contributed by atoms with E-state index in [1.54, 1.807) is 6.20 Å². The van der Waals surface area contributed by atoms with Crippen LogP contribution in [0.5, 0.6) is 0 Å². The molecule has 1 spiro atoms. The van der Waals surface area contributed by atoms with Gasteiger partial charge in [0, 0.05) is 18.0 Å². The highest BCUT2D eigenvalue weighted by Crippen LogP contribution is 2.48. The number of fused-ring (bicyclic) bond motifs is 1. The molecule has 4 nitrogen and oxygen atoms in total. The Morgan fingerprint density at radius 3 is 2.62 bits per heavy atom. The first kappa shape index (κ1) is 12.5. The van der Waals surface area contributed by atoms with Gasteiger partial charge >= 0.3 is 0 Å². The summed E-state index contributed by atoms with van der Waals surface area (Å²) in [6.45, 7) is 0. The molecule has 4 heteroatoms. The van der Waals surface area contributed by atoms with E-state index in [0.29, 0.717) is 12.1 Å². The molecular weight excluding hydrogens is 264 g/mol. The van der Waals surface area contributed by atoms with Gasteiger partial charge in [-0.1, -0.05) is 31.0 Å². The van der Waals surface area contributed by atoms with E-state index in [-0.39, 0.29) is 11.8 Å². The van der Waals surface area contributed by atoms with Crippen LogP contribution in [0, 0.1) is 5.41 Å². The normalized spacial score (nSPS) is 20.9. The molecule has 2 heterocycles. The summed E-state index contributed by atoms with van der Waals surface area (Å²) < 4.78 is 0. The summed E-state index contributed by atoms with van der Waals surface area (Å²) in [5.74, 6) is -0.108. The van der Waals surface area contributed by atoms with Crippen molar-refractivity contribution in [1.82, 2.24) is 4.98 Å². The largest absolute Gasteiger partial charge is 0.274 e. The maximum absolute atomic E-state index is 12.9. The van der Waals surface area contributed by atoms with Gasteiger partial charge in [0.2, 0.25) is 11.8 Å². The molecule has 21 heavy (non-hydrogen) atoms. The molecule has 0 atom stereocenters. The first-order chi connectivity index (χ1) is 10.2. The lowest BCUT2D eigenvalue weighted by Gasteiger charge is -2.21. The number of imide groups is 1. The maximum atomic E-state index is 12.9. The van der Waals surface area contributed by atoms with Crippen molar-refractivity contribution in [3.63, 3.8) is 0 Å². The molecule has 1 aliphatic heterocycles. The number of amides is 2. The smallest absolute Gasteiger partial charge is 0.240 e. The second-order valence-electron chi connectivity index (χ2n) is 6.05. The molecule has 1 saturated heterocycles. The summed E-state index contributed by atoms with van der Waals surface area (Å²) in [5, 5.41) is 0.947. The highest BCUT2D eigenvalue weighted by atomic mass is 16.2. The first-order valence-electron chi connectivity index (χ1n) is 7.42. The van der Waals surface area contributed by atoms with Gasteiger partial charge in [0.25, 0.3) is 0 Å². The Morgan fingerprint density at radius 2 is 1.81 bits per heavy atom. The van der Waals surface area contributed by atoms with Crippen LogP contribution in [0.2, 0.25) is 0 Å². The minimum atomic E-state index is -0.436. The second kappa shape index (κ2) is 4.38. The van der Waals surface area contributed by atoms with E-state index in [2.05, 4.69) is 4.98 Å². The first-order valence-corrected chi connectivity index (χ1v) is 7.42. The lowest BCUT2D eigenvalue weighted by molar-refractivity contribution is -0.125. The van der Waals surface area contributed by atoms with Gasteiger partial charge in [0.05, 0.1) is 16.6 Å². The van der Waals surface area contributed by atoms with Crippen molar-refractivity contribution in [3.8, 4) is 0 Å². The quantitative estimate of drug-likeness (QED) is 0.754. The van der Waals surface area contributed by atoms with Gasteiger partial charge in [-0.3, -0.25) is 14.6 Å². The van der Waals surface area contributed by atoms with Crippen molar-refractivity contribution in [2.24, 2.45) is 5.41 Å². The highest BCUT2D eigenvalue weighted by molar-refractivity contribution is 6.25. The molecule has 0 unspecified atom stereocenters. The van der Waals surface area contributed by atoms with E-state index < -0.39 is 5.41 Å². The van der Waals surface area contributed by atoms with Crippen LogP contribution in [0.4, 0.5) is 5.69 Å². The number of hydrogen-bond donors (Lipinski definition) is 0. The molecule has 2 aromatic rings. The van der Waals surface area contributed by atoms with Gasteiger partial charge < -0.3 is 0 Å². The minimum absolute atomic E-state index is 0.0249. The number of aromatic nitrogens is 1. The lowest BCUT2D eigenvalue weighted by Crippen LogP contribution is -2.34. The SMILES string of the molecule is O=C1CC2(CCCC2)C(=O)N1c1cccc2cccnc12. The lowest BCUT2D eigenvalue weighted by atomic mass is 9.84. The number of para-hydroxylation sites is 1. The summed E-state index contributed by atoms with van der Waals surface area (Å²) in [5.41, 5.74) is 0.914. The Labute approximate surface area is 122 Å². The van der Waals surface area contributed by atoms with Crippen LogP contribution in [0.3, 0.4) is 0 Å². The molecule has 2 aliphatic rings. The number of carbonyl (C=O) groups is 2. The van der Waals surface area contributed by atoms with Crippen molar-refractivity contribution in [2.75, 3.05) is 4.90 Å². The number of anilines is 1. The molecule has 0 radical (unpaired) electrons. The third-order valence-electron chi connectivity index (χ3n) is 4.81. The van der Waals surface area contributed by atoms with E-state index in [9.17, 15) is 9.59 Å². The molecule has 106 valence electrons. The average Bonchev–Trinajstić information content (AvgIpc) is 3.06. The molecule has 1 aliphatic carbocycles. The van der Waals surface area contributed by atoms with Gasteiger partial charge in [0.1, 0.15) is 0 Å². The number of carbonyl (C=O) groups excluding carboxylic acids is 2. The fourth-order valence-electron chi connectivity index (χ4n) is 3.75. The Balaban J connectivity index is 1.85. The van der Waals surface area contributed by atoms with Crippen molar-refractivity contribution in [2.45, 2.75) is 32.1 Å². The zero-order valence-corrected chi connectivity index (χ0v) is 11.7. The number of pyridine rings is 1. The Kier molecular flexibility index (Phi) is 2.61. The molecule has 0 bridgehead atoms. The molecule has 4 rings (SSSR count). The maximum Gasteiger partial charge on any atom is 0.240 e. The van der Waals surface area contributed by atoms with Crippen LogP contribution in [0.25, 0.3) is 10.9 Å². The van der Waals surface area contributed by atoms with Crippen molar-refractivity contribution in [3.05, 3.63) is 36.5 Å². The van der Waals surface area contributed by atoms with Crippen LogP contribution in [-0.2, 0) is 9.59 Å². The van der Waals surface area contributed by atoms with Crippen LogP contribution in [0.15, 0.2) is 36.5 Å². The third kappa shape index (κ3) is 1.71. The van der Waals surface area contributed by atoms with Crippen LogP contribution < -0.4 is 4.90 Å². The third-order valence-corrected chi connectivity index (χ3v) is 4.81. The fourth-order valence-corrected chi connectivity index (χ4v) is 3.75. The fraction of sp³-hybridized carbons (Fsp3) is 0.353. The topological polar surface area (TPSA) is 50.3 Å². The number of hydrogen-bond acceptors (Lipinski definition) is 3. The van der Waals surface area contributed by atoms with E-state index >= 15 is 0 Å². The van der Waals surface area contributed by atoms with Crippen LogP contribution >= 0.6 is 0 Å². The Morgan fingerprint density at radius 1 is 1.05 bits per heavy atom. The molecule has 0 N–H and O–H groups in total. The predicted molar refractivity (Wildman–Crippen MR) is 79.8 cm³/mol. The van der Waals surface area contributed by atoms with Crippen LogP contribution in [0.1, 0.15) is 32.1 Å². The van der Waals surface area contributed by atoms with E-state index in [4.69, 9.17) is 0 Å². The van der Waals surface area contributed by atoms with Gasteiger partial charge in [-0.25, -0.2) is 4.90 Å². The zero-order valence-electron chi connectivity index (χ0n) is 11.7. The van der Waals surface area contributed by atoms with E-state index in [1.807, 2.05) is 30.3 Å². The molecule has 2 fully saturated rings. The molecule has 1 saturated carbocycles. The van der Waals surface area contributed by atoms with Crippen LogP contribution in [-0.4, -0.2) is 16.8 Å². The monoisotopic (exact) mass is 280 g/mol. The summed E-state index contributed by atoms with van der Waals surface area (Å²) in [6.07, 6.45) is 5.82. The average molecular weight is 280 g/mol. The van der Waals surface area contributed by atoms with Crippen molar-refractivity contribution in [1.29, 1.82) is 0 Å². The zero-order chi connectivity index (χ0) is 14.4. The summed E-state index contributed by atoms with van der Waals surface area (Å²) in [7, 11) is 0. The molecule has 2 amide bonds. The number of rotatable bonds is 1. The highest BCUT2D eigenvalue weighted by Gasteiger charge is 2.53. The number of nitrogens with zero attached hydrogens (tertiary/aromatic N) is 2. The van der Waals surface area contributed by atoms with Gasteiger partial charge in [-0.2, -0.15) is 0 Å². The minimum Gasteiger partial charge on any atom is -0.274 e. The van der Waals surface area contributed by atoms with E-state index in [0.717, 1.165) is 36.6 Å². The van der Waals surface area contributed by atoms with Crippen molar-refractivity contribution < 1.29 is 9.59 Å². The Hall–Kier alpha value is -2.23. The molecular formula is C17H16N2O2. The summed E-state index contributed by atoms with van der Waals surface area (Å²) in [4.78, 5) is 31.1. The van der Waals surface area contributed by atoms with Crippen molar-refractivity contribution >= 4 is 28.4 Å². The standard InChI is InChI=1S/C17H16N2O2/c20-14-11-17(8-1-2-9-17)16(21)19(14)13-7-3-5-12-6-4-10-18-15(12)13/h3-7,10H,1-2,8-9,11H2. The Bertz CT molecular complexity index is 742. The van der Waals surface area contributed by atoms with Gasteiger partial charge in [-0.15, -0.1) is 0 Å². The summed E-state index contributed by atoms with van der Waals surface area (Å²) in [6, 6.07) is 9.45.